The molecule has 2 atom stereocenters. The van der Waals surface area contributed by atoms with E-state index < -0.39 is 18.0 Å². The van der Waals surface area contributed by atoms with Gasteiger partial charge in [0.05, 0.1) is 19.3 Å². The van der Waals surface area contributed by atoms with Gasteiger partial charge in [-0.3, -0.25) is 0 Å². The van der Waals surface area contributed by atoms with E-state index in [1.165, 1.54) is 16.2 Å². The minimum absolute atomic E-state index is 0.0213. The van der Waals surface area contributed by atoms with Crippen LogP contribution in [0.3, 0.4) is 0 Å². The average Bonchev–Trinajstić information content (AvgIpc) is 2.85. The number of aliphatic carboxylic acids is 1. The van der Waals surface area contributed by atoms with Crippen LogP contribution in [0.2, 0.25) is 0 Å². The van der Waals surface area contributed by atoms with Crippen molar-refractivity contribution in [2.24, 2.45) is 0 Å². The highest BCUT2D eigenvalue weighted by molar-refractivity contribution is 7.09. The third-order valence-corrected chi connectivity index (χ3v) is 4.17. The average molecular weight is 299 g/mol. The molecule has 0 aliphatic carbocycles. The van der Waals surface area contributed by atoms with Crippen LogP contribution in [0.1, 0.15) is 23.7 Å². The smallest absolute Gasteiger partial charge is 0.328 e. The largest absolute Gasteiger partial charge is 0.480 e. The van der Waals surface area contributed by atoms with Gasteiger partial charge in [-0.2, -0.15) is 0 Å². The van der Waals surface area contributed by atoms with Gasteiger partial charge >= 0.3 is 12.0 Å². The van der Waals surface area contributed by atoms with E-state index >= 15 is 0 Å². The quantitative estimate of drug-likeness (QED) is 0.869. The molecule has 1 saturated heterocycles. The summed E-state index contributed by atoms with van der Waals surface area (Å²) in [5.41, 5.74) is 0.904. The van der Waals surface area contributed by atoms with Gasteiger partial charge in [0.1, 0.15) is 5.01 Å². The summed E-state index contributed by atoms with van der Waals surface area (Å²) in [7, 11) is 0. The zero-order chi connectivity index (χ0) is 14.7. The highest BCUT2D eigenvalue weighted by Gasteiger charge is 2.33. The summed E-state index contributed by atoms with van der Waals surface area (Å²) in [6, 6.07) is -1.59. The van der Waals surface area contributed by atoms with Gasteiger partial charge in [-0.25, -0.2) is 14.6 Å². The van der Waals surface area contributed by atoms with Crippen LogP contribution in [0.25, 0.3) is 0 Å². The van der Waals surface area contributed by atoms with Crippen molar-refractivity contribution in [3.05, 3.63) is 16.1 Å². The number of carbonyl (C=O) groups is 2. The standard InChI is InChI=1S/C12H17N3O4S/c1-7-6-20-10(13-7)8(2)14-12(18)15-3-4-19-5-9(15)11(16)17/h6,8-9H,3-5H2,1-2H3,(H,14,18)(H,16,17). The first-order chi connectivity index (χ1) is 9.49. The number of thiazole rings is 1. The topological polar surface area (TPSA) is 91.8 Å². The fraction of sp³-hybridized carbons (Fsp3) is 0.583. The number of nitrogens with one attached hydrogen (secondary N) is 1. The van der Waals surface area contributed by atoms with Crippen LogP contribution < -0.4 is 5.32 Å². The van der Waals surface area contributed by atoms with Gasteiger partial charge in [0, 0.05) is 17.6 Å². The number of aryl methyl sites for hydroxylation is 1. The van der Waals surface area contributed by atoms with E-state index in [1.807, 2.05) is 19.2 Å². The molecule has 2 amide bonds. The van der Waals surface area contributed by atoms with Gasteiger partial charge in [0.15, 0.2) is 6.04 Å². The number of morpholine rings is 1. The summed E-state index contributed by atoms with van der Waals surface area (Å²) in [6.45, 7) is 4.35. The van der Waals surface area contributed by atoms with E-state index in [9.17, 15) is 9.59 Å². The molecule has 8 heteroatoms. The van der Waals surface area contributed by atoms with Crippen molar-refractivity contribution in [1.29, 1.82) is 0 Å². The molecule has 0 saturated carbocycles. The normalized spacial score (nSPS) is 20.5. The van der Waals surface area contributed by atoms with E-state index in [1.54, 1.807) is 0 Å². The maximum atomic E-state index is 12.2. The van der Waals surface area contributed by atoms with E-state index in [4.69, 9.17) is 9.84 Å². The molecule has 1 aromatic heterocycles. The Morgan fingerprint density at radius 2 is 2.40 bits per heavy atom. The summed E-state index contributed by atoms with van der Waals surface area (Å²) in [4.78, 5) is 28.9. The van der Waals surface area contributed by atoms with Crippen molar-refractivity contribution < 1.29 is 19.4 Å². The zero-order valence-electron chi connectivity index (χ0n) is 11.3. The molecule has 20 heavy (non-hydrogen) atoms. The van der Waals surface area contributed by atoms with Crippen LogP contribution in [0.4, 0.5) is 4.79 Å². The molecule has 2 N–H and O–H groups in total. The summed E-state index contributed by atoms with van der Waals surface area (Å²) in [6.07, 6.45) is 0. The van der Waals surface area contributed by atoms with Crippen LogP contribution in [0.15, 0.2) is 5.38 Å². The highest BCUT2D eigenvalue weighted by Crippen LogP contribution is 2.18. The highest BCUT2D eigenvalue weighted by atomic mass is 32.1. The lowest BCUT2D eigenvalue weighted by Gasteiger charge is -2.33. The van der Waals surface area contributed by atoms with E-state index in [-0.39, 0.29) is 19.2 Å². The lowest BCUT2D eigenvalue weighted by atomic mass is 10.2. The Bertz CT molecular complexity index is 505. The Balaban J connectivity index is 2.01. The van der Waals surface area contributed by atoms with E-state index in [0.717, 1.165) is 10.7 Å². The molecule has 0 aromatic carbocycles. The lowest BCUT2D eigenvalue weighted by molar-refractivity contribution is -0.147. The predicted octanol–water partition coefficient (Wildman–Crippen LogP) is 1.01. The third-order valence-electron chi connectivity index (χ3n) is 3.02. The number of ether oxygens (including phenoxy) is 1. The molecule has 2 rings (SSSR count). The lowest BCUT2D eigenvalue weighted by Crippen LogP contribution is -2.55. The molecule has 1 aromatic rings. The maximum absolute atomic E-state index is 12.2. The first kappa shape index (κ1) is 14.7. The van der Waals surface area contributed by atoms with Crippen molar-refractivity contribution in [3.8, 4) is 0 Å². The molecular weight excluding hydrogens is 282 g/mol. The zero-order valence-corrected chi connectivity index (χ0v) is 12.1. The molecule has 0 bridgehead atoms. The van der Waals surface area contributed by atoms with Crippen molar-refractivity contribution in [1.82, 2.24) is 15.2 Å². The SMILES string of the molecule is Cc1csc(C(C)NC(=O)N2CCOCC2C(=O)O)n1. The van der Waals surface area contributed by atoms with E-state index in [0.29, 0.717) is 6.61 Å². The Morgan fingerprint density at radius 3 is 3.00 bits per heavy atom. The third kappa shape index (κ3) is 3.26. The summed E-state index contributed by atoms with van der Waals surface area (Å²) in [5.74, 6) is -1.06. The van der Waals surface area contributed by atoms with Crippen LogP contribution in [0, 0.1) is 6.92 Å². The predicted molar refractivity (Wildman–Crippen MR) is 72.7 cm³/mol. The molecule has 110 valence electrons. The van der Waals surface area contributed by atoms with Crippen molar-refractivity contribution in [2.75, 3.05) is 19.8 Å². The van der Waals surface area contributed by atoms with Crippen LogP contribution >= 0.6 is 11.3 Å². The molecular formula is C12H17N3O4S. The number of carbonyl (C=O) groups excluding carboxylic acids is 1. The molecule has 2 unspecified atom stereocenters. The fourth-order valence-electron chi connectivity index (χ4n) is 1.95. The summed E-state index contributed by atoms with van der Waals surface area (Å²) in [5, 5.41) is 14.6. The summed E-state index contributed by atoms with van der Waals surface area (Å²) >= 11 is 1.47. The van der Waals surface area contributed by atoms with Crippen molar-refractivity contribution >= 4 is 23.3 Å². The van der Waals surface area contributed by atoms with Gasteiger partial charge in [-0.1, -0.05) is 0 Å². The minimum atomic E-state index is -1.06. The number of nitrogens with zero attached hydrogens (tertiary/aromatic N) is 2. The number of amides is 2. The number of hydrogen-bond acceptors (Lipinski definition) is 5. The number of rotatable bonds is 3. The molecule has 2 heterocycles. The van der Waals surface area contributed by atoms with Crippen molar-refractivity contribution in [3.63, 3.8) is 0 Å². The van der Waals surface area contributed by atoms with Crippen LogP contribution in [-0.2, 0) is 9.53 Å². The molecule has 7 nitrogen and oxygen atoms in total. The van der Waals surface area contributed by atoms with Crippen LogP contribution in [0.5, 0.6) is 0 Å². The number of urea groups is 1. The first-order valence-electron chi connectivity index (χ1n) is 6.28. The van der Waals surface area contributed by atoms with Gasteiger partial charge < -0.3 is 20.1 Å². The molecule has 1 aliphatic heterocycles. The Kier molecular flexibility index (Phi) is 4.56. The number of carboxylic acids is 1. The maximum Gasteiger partial charge on any atom is 0.328 e. The molecule has 0 radical (unpaired) electrons. The second kappa shape index (κ2) is 6.19. The number of hydrogen-bond donors (Lipinski definition) is 2. The Hall–Kier alpha value is -1.67. The van der Waals surface area contributed by atoms with E-state index in [2.05, 4.69) is 10.3 Å². The summed E-state index contributed by atoms with van der Waals surface area (Å²) < 4.78 is 5.10. The number of carboxylic acid groups (broad SMARTS) is 1. The second-order valence-corrected chi connectivity index (χ2v) is 5.51. The first-order valence-corrected chi connectivity index (χ1v) is 7.16. The van der Waals surface area contributed by atoms with Gasteiger partial charge in [0.2, 0.25) is 0 Å². The minimum Gasteiger partial charge on any atom is -0.480 e. The Labute approximate surface area is 120 Å². The van der Waals surface area contributed by atoms with Gasteiger partial charge in [0.25, 0.3) is 0 Å². The fourth-order valence-corrected chi connectivity index (χ4v) is 2.76. The Morgan fingerprint density at radius 1 is 1.65 bits per heavy atom. The van der Waals surface area contributed by atoms with Gasteiger partial charge in [-0.15, -0.1) is 11.3 Å². The second-order valence-electron chi connectivity index (χ2n) is 4.62. The molecule has 1 aliphatic rings. The molecule has 1 fully saturated rings. The van der Waals surface area contributed by atoms with Gasteiger partial charge in [-0.05, 0) is 13.8 Å². The van der Waals surface area contributed by atoms with Crippen LogP contribution in [-0.4, -0.2) is 52.8 Å². The monoisotopic (exact) mass is 299 g/mol. The molecule has 0 spiro atoms. The number of aromatic nitrogens is 1. The van der Waals surface area contributed by atoms with Crippen molar-refractivity contribution in [2.45, 2.75) is 25.9 Å².